The van der Waals surface area contributed by atoms with Gasteiger partial charge in [0, 0.05) is 0 Å². The molecule has 4 aromatic carbocycles. The van der Waals surface area contributed by atoms with E-state index < -0.39 is 23.9 Å². The minimum absolute atomic E-state index is 0.158. The molecule has 0 atom stereocenters. The molecule has 0 aliphatic heterocycles. The first-order valence-corrected chi connectivity index (χ1v) is 10.9. The maximum Gasteiger partial charge on any atom is 0.337 e. The van der Waals surface area contributed by atoms with Crippen LogP contribution in [0.1, 0.15) is 47.0 Å². The predicted octanol–water partition coefficient (Wildman–Crippen LogP) is 5.81. The summed E-state index contributed by atoms with van der Waals surface area (Å²) in [7, 11) is 0. The number of aryl methyl sites for hydroxylation is 1. The van der Waals surface area contributed by atoms with Crippen molar-refractivity contribution in [2.24, 2.45) is 0 Å². The molecule has 0 unspecified atom stereocenters. The van der Waals surface area contributed by atoms with Gasteiger partial charge in [0.05, 0.1) is 22.3 Å². The minimum Gasteiger partial charge on any atom is -0.478 e. The maximum absolute atomic E-state index is 11.4. The number of benzene rings is 4. The Kier molecular flexibility index (Phi) is 8.17. The van der Waals surface area contributed by atoms with E-state index in [0.29, 0.717) is 27.8 Å². The van der Waals surface area contributed by atoms with Crippen molar-refractivity contribution in [2.45, 2.75) is 6.92 Å². The van der Waals surface area contributed by atoms with Gasteiger partial charge in [0.25, 0.3) is 0 Å². The Bertz CT molecular complexity index is 1480. The van der Waals surface area contributed by atoms with E-state index in [-0.39, 0.29) is 22.3 Å². The van der Waals surface area contributed by atoms with Gasteiger partial charge >= 0.3 is 23.9 Å². The Morgan fingerprint density at radius 2 is 0.919 bits per heavy atom. The van der Waals surface area contributed by atoms with Crippen LogP contribution in [0.25, 0.3) is 22.3 Å². The van der Waals surface area contributed by atoms with Gasteiger partial charge in [-0.1, -0.05) is 84.9 Å². The molecule has 0 aromatic heterocycles. The Labute approximate surface area is 211 Å². The lowest BCUT2D eigenvalue weighted by Gasteiger charge is -2.11. The Morgan fingerprint density at radius 3 is 1.35 bits per heavy atom. The molecular weight excluding hydrogens is 476 g/mol. The zero-order chi connectivity index (χ0) is 27.1. The number of rotatable bonds is 6. The van der Waals surface area contributed by atoms with Crippen LogP contribution < -0.4 is 0 Å². The van der Waals surface area contributed by atoms with Gasteiger partial charge in [-0.05, 0) is 40.8 Å². The molecule has 8 nitrogen and oxygen atoms in total. The maximum atomic E-state index is 11.4. The molecule has 0 bridgehead atoms. The first-order chi connectivity index (χ1) is 17.6. The molecule has 4 rings (SSSR count). The van der Waals surface area contributed by atoms with Crippen LogP contribution in [0.2, 0.25) is 0 Å². The number of carboxylic acids is 4. The van der Waals surface area contributed by atoms with Crippen molar-refractivity contribution in [3.63, 3.8) is 0 Å². The summed E-state index contributed by atoms with van der Waals surface area (Å²) in [5.41, 5.74) is 1.90. The molecule has 0 heterocycles. The SMILES string of the molecule is Cc1ccc(-c2ccccc2)c(C(=O)O)c1C(=O)O.O=C(O)c1cccc(-c2ccccc2)c1C(=O)O. The smallest absolute Gasteiger partial charge is 0.337 e. The molecule has 0 radical (unpaired) electrons. The number of hydrogen-bond acceptors (Lipinski definition) is 4. The van der Waals surface area contributed by atoms with Crippen LogP contribution in [-0.4, -0.2) is 44.3 Å². The van der Waals surface area contributed by atoms with Gasteiger partial charge in [0.2, 0.25) is 0 Å². The van der Waals surface area contributed by atoms with Gasteiger partial charge in [-0.15, -0.1) is 0 Å². The zero-order valence-electron chi connectivity index (χ0n) is 19.6. The number of hydrogen-bond donors (Lipinski definition) is 4. The van der Waals surface area contributed by atoms with E-state index in [1.165, 1.54) is 12.1 Å². The summed E-state index contributed by atoms with van der Waals surface area (Å²) < 4.78 is 0. The van der Waals surface area contributed by atoms with Crippen molar-refractivity contribution in [1.29, 1.82) is 0 Å². The Hall–Kier alpha value is -5.24. The normalized spacial score (nSPS) is 10.1. The average Bonchev–Trinajstić information content (AvgIpc) is 2.89. The predicted molar refractivity (Wildman–Crippen MR) is 136 cm³/mol. The van der Waals surface area contributed by atoms with Crippen LogP contribution in [0.5, 0.6) is 0 Å². The van der Waals surface area contributed by atoms with E-state index in [2.05, 4.69) is 0 Å². The van der Waals surface area contributed by atoms with Crippen molar-refractivity contribution >= 4 is 23.9 Å². The number of carbonyl (C=O) groups is 4. The summed E-state index contributed by atoms with van der Waals surface area (Å²) in [5.74, 6) is -4.95. The molecule has 0 aliphatic carbocycles. The largest absolute Gasteiger partial charge is 0.478 e. The van der Waals surface area contributed by atoms with Gasteiger partial charge in [-0.25, -0.2) is 19.2 Å². The summed E-state index contributed by atoms with van der Waals surface area (Å²) in [4.78, 5) is 45.0. The van der Waals surface area contributed by atoms with E-state index in [1.807, 2.05) is 12.1 Å². The molecule has 0 saturated carbocycles. The highest BCUT2D eigenvalue weighted by atomic mass is 16.4. The van der Waals surface area contributed by atoms with Crippen LogP contribution >= 0.6 is 0 Å². The summed E-state index contributed by atoms with van der Waals surface area (Å²) in [6, 6.07) is 25.4. The van der Waals surface area contributed by atoms with Gasteiger partial charge in [-0.3, -0.25) is 0 Å². The van der Waals surface area contributed by atoms with Gasteiger partial charge in [0.1, 0.15) is 0 Å². The molecule has 0 fully saturated rings. The molecule has 37 heavy (non-hydrogen) atoms. The molecule has 4 N–H and O–H groups in total. The van der Waals surface area contributed by atoms with E-state index in [0.717, 1.165) is 0 Å². The third-order valence-electron chi connectivity index (χ3n) is 5.52. The van der Waals surface area contributed by atoms with Crippen LogP contribution in [-0.2, 0) is 0 Å². The van der Waals surface area contributed by atoms with E-state index in [9.17, 15) is 34.5 Å². The van der Waals surface area contributed by atoms with Crippen LogP contribution in [0.4, 0.5) is 0 Å². The fourth-order valence-electron chi connectivity index (χ4n) is 3.88. The first-order valence-electron chi connectivity index (χ1n) is 10.9. The molecule has 0 saturated heterocycles. The fraction of sp³-hybridized carbons (Fsp3) is 0.0345. The standard InChI is InChI=1S/C15H12O4.C14H10O4/c1-9-7-8-11(10-5-3-2-4-6-10)13(15(18)19)12(9)14(16)17;15-13(16)11-8-4-7-10(12(11)14(17)18)9-5-2-1-3-6-9/h2-8H,1H3,(H,16,17)(H,18,19);1-8H,(H,15,16)(H,17,18). The first kappa shape index (κ1) is 26.4. The van der Waals surface area contributed by atoms with Crippen LogP contribution in [0, 0.1) is 6.92 Å². The summed E-state index contributed by atoms with van der Waals surface area (Å²) in [5, 5.41) is 36.7. The van der Waals surface area contributed by atoms with E-state index in [4.69, 9.17) is 5.11 Å². The van der Waals surface area contributed by atoms with Crippen molar-refractivity contribution < 1.29 is 39.6 Å². The lowest BCUT2D eigenvalue weighted by Crippen LogP contribution is -2.12. The second-order valence-electron chi connectivity index (χ2n) is 7.86. The molecule has 0 amide bonds. The topological polar surface area (TPSA) is 149 Å². The van der Waals surface area contributed by atoms with E-state index >= 15 is 0 Å². The highest BCUT2D eigenvalue weighted by Crippen LogP contribution is 2.29. The van der Waals surface area contributed by atoms with Crippen molar-refractivity contribution in [1.82, 2.24) is 0 Å². The highest BCUT2D eigenvalue weighted by Gasteiger charge is 2.23. The van der Waals surface area contributed by atoms with Crippen LogP contribution in [0.15, 0.2) is 91.0 Å². The average molecular weight is 498 g/mol. The second kappa shape index (κ2) is 11.5. The van der Waals surface area contributed by atoms with Gasteiger partial charge in [-0.2, -0.15) is 0 Å². The van der Waals surface area contributed by atoms with Gasteiger partial charge in [0.15, 0.2) is 0 Å². The van der Waals surface area contributed by atoms with Crippen molar-refractivity contribution in [2.75, 3.05) is 0 Å². The Morgan fingerprint density at radius 1 is 0.459 bits per heavy atom. The molecule has 0 spiro atoms. The highest BCUT2D eigenvalue weighted by molar-refractivity contribution is 6.08. The molecule has 4 aromatic rings. The lowest BCUT2D eigenvalue weighted by atomic mass is 9.92. The number of carboxylic acid groups (broad SMARTS) is 4. The fourth-order valence-corrected chi connectivity index (χ4v) is 3.88. The molecule has 8 heteroatoms. The second-order valence-corrected chi connectivity index (χ2v) is 7.86. The molecular formula is C29H22O8. The lowest BCUT2D eigenvalue weighted by molar-refractivity contribution is 0.0651. The van der Waals surface area contributed by atoms with Crippen molar-refractivity contribution in [3.8, 4) is 22.3 Å². The van der Waals surface area contributed by atoms with Crippen molar-refractivity contribution in [3.05, 3.63) is 119 Å². The minimum atomic E-state index is -1.25. The molecule has 0 aliphatic rings. The monoisotopic (exact) mass is 498 g/mol. The summed E-state index contributed by atoms with van der Waals surface area (Å²) in [6.45, 7) is 1.59. The quantitative estimate of drug-likeness (QED) is 0.260. The van der Waals surface area contributed by atoms with Crippen LogP contribution in [0.3, 0.4) is 0 Å². The third-order valence-corrected chi connectivity index (χ3v) is 5.52. The third kappa shape index (κ3) is 5.88. The zero-order valence-corrected chi connectivity index (χ0v) is 19.6. The summed E-state index contributed by atoms with van der Waals surface area (Å²) in [6.07, 6.45) is 0. The Balaban J connectivity index is 0.000000206. The summed E-state index contributed by atoms with van der Waals surface area (Å²) >= 11 is 0. The number of aromatic carboxylic acids is 4. The van der Waals surface area contributed by atoms with Gasteiger partial charge < -0.3 is 20.4 Å². The molecule has 186 valence electrons. The van der Waals surface area contributed by atoms with E-state index in [1.54, 1.807) is 73.7 Å².